The number of hydrogen-bond donors (Lipinski definition) is 0. The molecule has 0 fully saturated rings. The minimum absolute atomic E-state index is 0.395. The van der Waals surface area contributed by atoms with E-state index in [1.165, 1.54) is 4.90 Å². The van der Waals surface area contributed by atoms with E-state index in [-0.39, 0.29) is 0 Å². The lowest BCUT2D eigenvalue weighted by molar-refractivity contribution is 0.0932. The Bertz CT molecular complexity index is 465. The zero-order chi connectivity index (χ0) is 12.3. The van der Waals surface area contributed by atoms with Crippen LogP contribution in [0.15, 0.2) is 30.3 Å². The fourth-order valence-corrected chi connectivity index (χ4v) is 2.85. The van der Waals surface area contributed by atoms with Crippen LogP contribution in [0.1, 0.15) is 10.4 Å². The summed E-state index contributed by atoms with van der Waals surface area (Å²) in [5.41, 5.74) is 0.409. The lowest BCUT2D eigenvalue weighted by Crippen LogP contribution is -2.42. The number of sulfone groups is 1. The summed E-state index contributed by atoms with van der Waals surface area (Å²) < 4.78 is 23.1. The third-order valence-electron chi connectivity index (χ3n) is 2.16. The van der Waals surface area contributed by atoms with E-state index < -0.39 is 21.0 Å². The van der Waals surface area contributed by atoms with Crippen molar-refractivity contribution in [3.8, 4) is 0 Å². The molecule has 0 radical (unpaired) electrons. The van der Waals surface area contributed by atoms with Crippen LogP contribution in [0.4, 0.5) is 0 Å². The Labute approximate surface area is 95.8 Å². The predicted octanol–water partition coefficient (Wildman–Crippen LogP) is 0.802. The van der Waals surface area contributed by atoms with Crippen molar-refractivity contribution < 1.29 is 13.2 Å². The van der Waals surface area contributed by atoms with E-state index in [0.29, 0.717) is 5.56 Å². The summed E-state index contributed by atoms with van der Waals surface area (Å²) in [6, 6.07) is 8.43. The topological polar surface area (TPSA) is 54.5 Å². The van der Waals surface area contributed by atoms with Crippen molar-refractivity contribution in [2.24, 2.45) is 0 Å². The maximum Gasteiger partial charge on any atom is 0.195 e. The molecule has 1 atom stereocenters. The molecule has 0 bridgehead atoms. The number of nitrogens with zero attached hydrogens (tertiary/aromatic N) is 1. The molecule has 0 amide bonds. The zero-order valence-electron chi connectivity index (χ0n) is 9.54. The second kappa shape index (κ2) is 4.76. The van der Waals surface area contributed by atoms with Gasteiger partial charge in [-0.2, -0.15) is 0 Å². The Morgan fingerprint density at radius 3 is 2.06 bits per heavy atom. The SMILES string of the molecule is CN(C)C(C(=O)c1ccccc1)S(C)(=O)=O. The zero-order valence-corrected chi connectivity index (χ0v) is 10.4. The minimum atomic E-state index is -3.44. The van der Waals surface area contributed by atoms with Crippen LogP contribution in [0.25, 0.3) is 0 Å². The molecule has 0 spiro atoms. The summed E-state index contributed by atoms with van der Waals surface area (Å²) in [5.74, 6) is -0.395. The second-order valence-electron chi connectivity index (χ2n) is 3.88. The monoisotopic (exact) mass is 241 g/mol. The van der Waals surface area contributed by atoms with E-state index in [0.717, 1.165) is 6.26 Å². The fraction of sp³-hybridized carbons (Fsp3) is 0.364. The van der Waals surface area contributed by atoms with E-state index in [1.54, 1.807) is 44.4 Å². The smallest absolute Gasteiger partial charge is 0.195 e. The van der Waals surface area contributed by atoms with E-state index in [9.17, 15) is 13.2 Å². The normalized spacial score (nSPS) is 13.8. The third kappa shape index (κ3) is 2.90. The highest BCUT2D eigenvalue weighted by Gasteiger charge is 2.31. The quantitative estimate of drug-likeness (QED) is 0.732. The maximum absolute atomic E-state index is 12.0. The minimum Gasteiger partial charge on any atom is -0.291 e. The van der Waals surface area contributed by atoms with Gasteiger partial charge < -0.3 is 0 Å². The van der Waals surface area contributed by atoms with Gasteiger partial charge in [-0.3, -0.25) is 9.69 Å². The number of carbonyl (C=O) groups excluding carboxylic acids is 1. The van der Waals surface area contributed by atoms with E-state index in [2.05, 4.69) is 0 Å². The van der Waals surface area contributed by atoms with Gasteiger partial charge in [-0.15, -0.1) is 0 Å². The molecule has 1 rings (SSSR count). The van der Waals surface area contributed by atoms with Crippen molar-refractivity contribution in [1.29, 1.82) is 0 Å². The molecule has 4 nitrogen and oxygen atoms in total. The number of Topliss-reactive ketones (excluding diaryl/α,β-unsaturated/α-hetero) is 1. The third-order valence-corrected chi connectivity index (χ3v) is 3.60. The van der Waals surface area contributed by atoms with Gasteiger partial charge in [0.15, 0.2) is 21.0 Å². The average Bonchev–Trinajstić information content (AvgIpc) is 2.16. The summed E-state index contributed by atoms with van der Waals surface area (Å²) in [4.78, 5) is 13.4. The molecule has 16 heavy (non-hydrogen) atoms. The Kier molecular flexibility index (Phi) is 3.83. The second-order valence-corrected chi connectivity index (χ2v) is 5.98. The Morgan fingerprint density at radius 1 is 1.19 bits per heavy atom. The first kappa shape index (κ1) is 12.9. The van der Waals surface area contributed by atoms with Crippen LogP contribution < -0.4 is 0 Å². The molecule has 0 aliphatic heterocycles. The van der Waals surface area contributed by atoms with Gasteiger partial charge in [0, 0.05) is 11.8 Å². The van der Waals surface area contributed by atoms with Crippen LogP contribution in [-0.2, 0) is 9.84 Å². The van der Waals surface area contributed by atoms with Crippen LogP contribution in [0.3, 0.4) is 0 Å². The molecular formula is C11H15NO3S. The molecule has 0 aliphatic rings. The molecule has 5 heteroatoms. The summed E-state index contributed by atoms with van der Waals surface area (Å²) >= 11 is 0. The maximum atomic E-state index is 12.0. The van der Waals surface area contributed by atoms with Crippen LogP contribution in [0, 0.1) is 0 Å². The summed E-state index contributed by atoms with van der Waals surface area (Å²) in [6.07, 6.45) is 1.07. The van der Waals surface area contributed by atoms with Crippen molar-refractivity contribution in [2.45, 2.75) is 5.37 Å². The lowest BCUT2D eigenvalue weighted by Gasteiger charge is -2.20. The van der Waals surface area contributed by atoms with Gasteiger partial charge in [0.05, 0.1) is 0 Å². The highest BCUT2D eigenvalue weighted by molar-refractivity contribution is 7.92. The van der Waals surface area contributed by atoms with E-state index in [4.69, 9.17) is 0 Å². The van der Waals surface area contributed by atoms with Crippen molar-refractivity contribution >= 4 is 15.6 Å². The van der Waals surface area contributed by atoms with Crippen molar-refractivity contribution in [3.05, 3.63) is 35.9 Å². The Balaban J connectivity index is 3.13. The summed E-state index contributed by atoms with van der Waals surface area (Å²) in [6.45, 7) is 0. The number of ketones is 1. The van der Waals surface area contributed by atoms with Gasteiger partial charge >= 0.3 is 0 Å². The standard InChI is InChI=1S/C11H15NO3S/c1-12(2)11(16(3,14)15)10(13)9-7-5-4-6-8-9/h4-8,11H,1-3H3. The highest BCUT2D eigenvalue weighted by Crippen LogP contribution is 2.11. The molecule has 1 aromatic rings. The number of hydrogen-bond acceptors (Lipinski definition) is 4. The van der Waals surface area contributed by atoms with Gasteiger partial charge in [-0.05, 0) is 14.1 Å². The van der Waals surface area contributed by atoms with Gasteiger partial charge in [0.2, 0.25) is 0 Å². The van der Waals surface area contributed by atoms with E-state index in [1.807, 2.05) is 0 Å². The number of benzene rings is 1. The van der Waals surface area contributed by atoms with E-state index >= 15 is 0 Å². The van der Waals surface area contributed by atoms with Crippen LogP contribution in [-0.4, -0.2) is 44.8 Å². The molecule has 0 aliphatic carbocycles. The van der Waals surface area contributed by atoms with Crippen molar-refractivity contribution in [2.75, 3.05) is 20.4 Å². The molecule has 88 valence electrons. The first-order valence-corrected chi connectivity index (χ1v) is 6.74. The molecule has 0 N–H and O–H groups in total. The largest absolute Gasteiger partial charge is 0.291 e. The summed E-state index contributed by atoms with van der Waals surface area (Å²) in [7, 11) is -0.283. The number of rotatable bonds is 4. The van der Waals surface area contributed by atoms with Crippen LogP contribution in [0.5, 0.6) is 0 Å². The number of carbonyl (C=O) groups is 1. The van der Waals surface area contributed by atoms with Gasteiger partial charge in [0.25, 0.3) is 0 Å². The lowest BCUT2D eigenvalue weighted by atomic mass is 10.1. The first-order chi connectivity index (χ1) is 7.34. The molecule has 0 aromatic heterocycles. The Morgan fingerprint density at radius 2 is 1.69 bits per heavy atom. The van der Waals surface area contributed by atoms with Gasteiger partial charge in [0.1, 0.15) is 0 Å². The first-order valence-electron chi connectivity index (χ1n) is 4.78. The summed E-state index contributed by atoms with van der Waals surface area (Å²) in [5, 5.41) is -1.12. The Hall–Kier alpha value is -1.20. The van der Waals surface area contributed by atoms with Crippen molar-refractivity contribution in [3.63, 3.8) is 0 Å². The fourth-order valence-electron chi connectivity index (χ4n) is 1.56. The van der Waals surface area contributed by atoms with Crippen molar-refractivity contribution in [1.82, 2.24) is 4.90 Å². The molecule has 1 unspecified atom stereocenters. The van der Waals surface area contributed by atoms with Crippen LogP contribution in [0.2, 0.25) is 0 Å². The molecule has 0 saturated carbocycles. The molecule has 0 heterocycles. The van der Waals surface area contributed by atoms with Crippen LogP contribution >= 0.6 is 0 Å². The molecular weight excluding hydrogens is 226 g/mol. The van der Waals surface area contributed by atoms with Gasteiger partial charge in [-0.25, -0.2) is 8.42 Å². The van der Waals surface area contributed by atoms with Gasteiger partial charge in [-0.1, -0.05) is 30.3 Å². The molecule has 0 saturated heterocycles. The number of likely N-dealkylation sites (N-methyl/N-ethyl adjacent to an activating group) is 1. The predicted molar refractivity (Wildman–Crippen MR) is 63.1 cm³/mol. The highest BCUT2D eigenvalue weighted by atomic mass is 32.2. The average molecular weight is 241 g/mol. The molecule has 1 aromatic carbocycles.